The lowest BCUT2D eigenvalue weighted by Crippen LogP contribution is -2.35. The zero-order chi connectivity index (χ0) is 14.5. The van der Waals surface area contributed by atoms with Crippen LogP contribution >= 0.6 is 0 Å². The van der Waals surface area contributed by atoms with E-state index in [4.69, 9.17) is 5.73 Å². The lowest BCUT2D eigenvalue weighted by atomic mass is 9.81. The topological polar surface area (TPSA) is 55.1 Å². The molecule has 1 atom stereocenters. The van der Waals surface area contributed by atoms with Gasteiger partial charge < -0.3 is 11.1 Å². The molecule has 1 aliphatic carbocycles. The van der Waals surface area contributed by atoms with Gasteiger partial charge >= 0.3 is 0 Å². The van der Waals surface area contributed by atoms with Gasteiger partial charge in [0.1, 0.15) is 5.82 Å². The Labute approximate surface area is 119 Å². The Kier molecular flexibility index (Phi) is 5.12. The number of carbonyl (C=O) groups excluding carboxylic acids is 1. The minimum absolute atomic E-state index is 0.0877. The van der Waals surface area contributed by atoms with Crippen molar-refractivity contribution in [3.63, 3.8) is 0 Å². The maximum atomic E-state index is 12.9. The minimum Gasteiger partial charge on any atom is -0.349 e. The van der Waals surface area contributed by atoms with Crippen LogP contribution in [0.3, 0.4) is 0 Å². The van der Waals surface area contributed by atoms with E-state index in [9.17, 15) is 9.18 Å². The first kappa shape index (κ1) is 15.0. The summed E-state index contributed by atoms with van der Waals surface area (Å²) in [6, 6.07) is 6.18. The lowest BCUT2D eigenvalue weighted by molar-refractivity contribution is -0.126. The molecular formula is C16H23FN2O. The largest absolute Gasteiger partial charge is 0.349 e. The summed E-state index contributed by atoms with van der Waals surface area (Å²) in [6.07, 6.45) is 3.92. The highest BCUT2D eigenvalue weighted by Gasteiger charge is 2.26. The van der Waals surface area contributed by atoms with E-state index in [0.717, 1.165) is 37.8 Å². The maximum absolute atomic E-state index is 12.9. The molecule has 1 aliphatic rings. The summed E-state index contributed by atoms with van der Waals surface area (Å²) in [5.74, 6) is 0.527. The molecule has 0 aliphatic heterocycles. The summed E-state index contributed by atoms with van der Waals surface area (Å²) in [4.78, 5) is 12.2. The quantitative estimate of drug-likeness (QED) is 0.889. The fourth-order valence-corrected chi connectivity index (χ4v) is 2.83. The second-order valence-electron chi connectivity index (χ2n) is 5.74. The van der Waals surface area contributed by atoms with E-state index >= 15 is 0 Å². The Morgan fingerprint density at radius 2 is 1.90 bits per heavy atom. The molecule has 0 bridgehead atoms. The molecule has 0 unspecified atom stereocenters. The van der Waals surface area contributed by atoms with E-state index < -0.39 is 0 Å². The van der Waals surface area contributed by atoms with Crippen LogP contribution < -0.4 is 11.1 Å². The van der Waals surface area contributed by atoms with Crippen molar-refractivity contribution < 1.29 is 9.18 Å². The predicted molar refractivity (Wildman–Crippen MR) is 77.5 cm³/mol. The van der Waals surface area contributed by atoms with Gasteiger partial charge in [0, 0.05) is 5.92 Å². The number of hydrogen-bond acceptors (Lipinski definition) is 2. The third-order valence-corrected chi connectivity index (χ3v) is 4.28. The summed E-state index contributed by atoms with van der Waals surface area (Å²) >= 11 is 0. The van der Waals surface area contributed by atoms with Crippen LogP contribution in [0, 0.1) is 17.7 Å². The SMILES string of the molecule is C[C@@H](NC(=O)C1CCC(CN)CC1)c1ccc(F)cc1. The molecule has 0 aromatic heterocycles. The molecular weight excluding hydrogens is 255 g/mol. The van der Waals surface area contributed by atoms with Gasteiger partial charge in [0.2, 0.25) is 5.91 Å². The molecule has 1 saturated carbocycles. The van der Waals surface area contributed by atoms with E-state index in [2.05, 4.69) is 5.32 Å². The zero-order valence-corrected chi connectivity index (χ0v) is 11.9. The molecule has 3 nitrogen and oxygen atoms in total. The summed E-state index contributed by atoms with van der Waals surface area (Å²) < 4.78 is 12.9. The first-order valence-corrected chi connectivity index (χ1v) is 7.36. The van der Waals surface area contributed by atoms with Crippen LogP contribution in [0.4, 0.5) is 4.39 Å². The van der Waals surface area contributed by atoms with Crippen LogP contribution in [0.25, 0.3) is 0 Å². The van der Waals surface area contributed by atoms with Gasteiger partial charge in [-0.25, -0.2) is 4.39 Å². The number of nitrogens with one attached hydrogen (secondary N) is 1. The average molecular weight is 278 g/mol. The van der Waals surface area contributed by atoms with Crippen LogP contribution in [0.2, 0.25) is 0 Å². The van der Waals surface area contributed by atoms with E-state index in [1.54, 1.807) is 12.1 Å². The number of carbonyl (C=O) groups is 1. The molecule has 4 heteroatoms. The summed E-state index contributed by atoms with van der Waals surface area (Å²) in [5.41, 5.74) is 6.59. The van der Waals surface area contributed by atoms with Crippen molar-refractivity contribution in [3.05, 3.63) is 35.6 Å². The summed E-state index contributed by atoms with van der Waals surface area (Å²) in [7, 11) is 0. The van der Waals surface area contributed by atoms with Gasteiger partial charge in [-0.05, 0) is 62.8 Å². The van der Waals surface area contributed by atoms with Gasteiger partial charge in [-0.3, -0.25) is 4.79 Å². The number of amides is 1. The van der Waals surface area contributed by atoms with Crippen LogP contribution in [-0.4, -0.2) is 12.5 Å². The smallest absolute Gasteiger partial charge is 0.223 e. The molecule has 0 spiro atoms. The summed E-state index contributed by atoms with van der Waals surface area (Å²) in [6.45, 7) is 2.65. The van der Waals surface area contributed by atoms with Crippen molar-refractivity contribution in [1.82, 2.24) is 5.32 Å². The van der Waals surface area contributed by atoms with Gasteiger partial charge in [-0.15, -0.1) is 0 Å². The normalized spacial score (nSPS) is 24.1. The van der Waals surface area contributed by atoms with Crippen molar-refractivity contribution in [3.8, 4) is 0 Å². The average Bonchev–Trinajstić information content (AvgIpc) is 2.48. The molecule has 0 heterocycles. The van der Waals surface area contributed by atoms with Crippen LogP contribution in [0.5, 0.6) is 0 Å². The Bertz CT molecular complexity index is 438. The molecule has 1 fully saturated rings. The number of rotatable bonds is 4. The fraction of sp³-hybridized carbons (Fsp3) is 0.562. The number of hydrogen-bond donors (Lipinski definition) is 2. The van der Waals surface area contributed by atoms with Gasteiger partial charge in [-0.2, -0.15) is 0 Å². The van der Waals surface area contributed by atoms with Crippen molar-refractivity contribution in [2.24, 2.45) is 17.6 Å². The number of halogens is 1. The first-order valence-electron chi connectivity index (χ1n) is 7.36. The molecule has 110 valence electrons. The van der Waals surface area contributed by atoms with E-state index in [1.165, 1.54) is 12.1 Å². The predicted octanol–water partition coefficient (Wildman–Crippen LogP) is 2.77. The van der Waals surface area contributed by atoms with Crippen LogP contribution in [-0.2, 0) is 4.79 Å². The second kappa shape index (κ2) is 6.84. The van der Waals surface area contributed by atoms with Gasteiger partial charge in [0.15, 0.2) is 0 Å². The highest BCUT2D eigenvalue weighted by Crippen LogP contribution is 2.28. The highest BCUT2D eigenvalue weighted by molar-refractivity contribution is 5.79. The van der Waals surface area contributed by atoms with Crippen molar-refractivity contribution in [2.75, 3.05) is 6.54 Å². The summed E-state index contributed by atoms with van der Waals surface area (Å²) in [5, 5.41) is 3.03. The molecule has 20 heavy (non-hydrogen) atoms. The lowest BCUT2D eigenvalue weighted by Gasteiger charge is -2.28. The monoisotopic (exact) mass is 278 g/mol. The molecule has 0 radical (unpaired) electrons. The molecule has 1 aromatic carbocycles. The first-order chi connectivity index (χ1) is 9.60. The van der Waals surface area contributed by atoms with Gasteiger partial charge in [0.25, 0.3) is 0 Å². The number of benzene rings is 1. The van der Waals surface area contributed by atoms with Crippen LogP contribution in [0.1, 0.15) is 44.2 Å². The standard InChI is InChI=1S/C16H23FN2O/c1-11(13-6-8-15(17)9-7-13)19-16(20)14-4-2-12(10-18)3-5-14/h6-9,11-12,14H,2-5,10,18H2,1H3,(H,19,20)/t11-,12?,14?/m1/s1. The highest BCUT2D eigenvalue weighted by atomic mass is 19.1. The Hall–Kier alpha value is -1.42. The fourth-order valence-electron chi connectivity index (χ4n) is 2.83. The maximum Gasteiger partial charge on any atom is 0.223 e. The third-order valence-electron chi connectivity index (χ3n) is 4.28. The molecule has 3 N–H and O–H groups in total. The Morgan fingerprint density at radius 1 is 1.30 bits per heavy atom. The van der Waals surface area contributed by atoms with Crippen molar-refractivity contribution >= 4 is 5.91 Å². The van der Waals surface area contributed by atoms with Gasteiger partial charge in [0.05, 0.1) is 6.04 Å². The number of nitrogens with two attached hydrogens (primary N) is 1. The molecule has 0 saturated heterocycles. The molecule has 1 amide bonds. The van der Waals surface area contributed by atoms with E-state index in [-0.39, 0.29) is 23.7 Å². The zero-order valence-electron chi connectivity index (χ0n) is 11.9. The molecule has 2 rings (SSSR count). The molecule has 1 aromatic rings. The minimum atomic E-state index is -0.257. The van der Waals surface area contributed by atoms with Crippen molar-refractivity contribution in [1.29, 1.82) is 0 Å². The van der Waals surface area contributed by atoms with E-state index in [0.29, 0.717) is 5.92 Å². The van der Waals surface area contributed by atoms with E-state index in [1.807, 2.05) is 6.92 Å². The second-order valence-corrected chi connectivity index (χ2v) is 5.74. The van der Waals surface area contributed by atoms with Gasteiger partial charge in [-0.1, -0.05) is 12.1 Å². The Balaban J connectivity index is 1.86. The van der Waals surface area contributed by atoms with Crippen molar-refractivity contribution in [2.45, 2.75) is 38.6 Å². The van der Waals surface area contributed by atoms with Crippen LogP contribution in [0.15, 0.2) is 24.3 Å². The third kappa shape index (κ3) is 3.79. The Morgan fingerprint density at radius 3 is 2.45 bits per heavy atom.